The number of aryl methyl sites for hydroxylation is 1. The number of halogens is 2. The normalized spacial score (nSPS) is 19.6. The number of carbonyl (C=O) groups is 1. The number of hydrogen-bond acceptors (Lipinski definition) is 6. The molecule has 1 aromatic heterocycles. The fourth-order valence-electron chi connectivity index (χ4n) is 3.01. The smallest absolute Gasteiger partial charge is 0.265 e. The minimum absolute atomic E-state index is 0.0762. The van der Waals surface area contributed by atoms with E-state index >= 15 is 0 Å². The average Bonchev–Trinajstić information content (AvgIpc) is 3.23. The monoisotopic (exact) mass is 430 g/mol. The summed E-state index contributed by atoms with van der Waals surface area (Å²) in [5.41, 5.74) is 5.97. The fraction of sp³-hybridized carbons (Fsp3) is 0.353. The van der Waals surface area contributed by atoms with Crippen molar-refractivity contribution >= 4 is 33.2 Å². The van der Waals surface area contributed by atoms with Crippen molar-refractivity contribution in [3.8, 4) is 0 Å². The van der Waals surface area contributed by atoms with Crippen LogP contribution in [0.4, 0.5) is 10.1 Å². The van der Waals surface area contributed by atoms with Gasteiger partial charge in [-0.15, -0.1) is 0 Å². The zero-order chi connectivity index (χ0) is 20.6. The van der Waals surface area contributed by atoms with Crippen LogP contribution in [0.2, 0.25) is 5.02 Å². The molecular weight excluding hydrogens is 411 g/mol. The van der Waals surface area contributed by atoms with Crippen LogP contribution in [0.15, 0.2) is 33.6 Å². The quantitative estimate of drug-likeness (QED) is 0.670. The first-order chi connectivity index (χ1) is 13.1. The van der Waals surface area contributed by atoms with Gasteiger partial charge < -0.3 is 9.32 Å². The lowest BCUT2D eigenvalue weighted by Crippen LogP contribution is -2.34. The standard InChI is InChI=1S/C17H20ClFN4O4S/c1-9-15(28(25,26)22-10-4-5-13(19)12(18)6-10)7-14(27-9)16-11(8-20-21-16)17(24)23(2)3/h4-7,11,16,20-22H,8H2,1-3H3. The Balaban J connectivity index is 1.88. The predicted molar refractivity (Wildman–Crippen MR) is 102 cm³/mol. The number of benzene rings is 1. The van der Waals surface area contributed by atoms with E-state index in [1.165, 1.54) is 30.0 Å². The third kappa shape index (κ3) is 4.00. The molecule has 2 aromatic rings. The Morgan fingerprint density at radius 2 is 2.07 bits per heavy atom. The number of hydrazine groups is 1. The van der Waals surface area contributed by atoms with Crippen LogP contribution >= 0.6 is 11.6 Å². The van der Waals surface area contributed by atoms with Crippen molar-refractivity contribution in [3.05, 3.63) is 46.6 Å². The van der Waals surface area contributed by atoms with Crippen LogP contribution < -0.4 is 15.6 Å². The van der Waals surface area contributed by atoms with E-state index < -0.39 is 27.8 Å². The summed E-state index contributed by atoms with van der Waals surface area (Å²) in [5.74, 6) is -0.719. The minimum atomic E-state index is -4.00. The van der Waals surface area contributed by atoms with Crippen LogP contribution in [0.1, 0.15) is 17.6 Å². The summed E-state index contributed by atoms with van der Waals surface area (Å²) < 4.78 is 46.8. The van der Waals surface area contributed by atoms with E-state index in [0.29, 0.717) is 12.3 Å². The van der Waals surface area contributed by atoms with Gasteiger partial charge in [0.15, 0.2) is 0 Å². The SMILES string of the molecule is Cc1oc(C2NNCC2C(=O)N(C)C)cc1S(=O)(=O)Nc1ccc(F)c(Cl)c1. The number of rotatable bonds is 5. The van der Waals surface area contributed by atoms with E-state index in [1.54, 1.807) is 14.1 Å². The largest absolute Gasteiger partial charge is 0.463 e. The number of sulfonamides is 1. The zero-order valence-electron chi connectivity index (χ0n) is 15.4. The van der Waals surface area contributed by atoms with Crippen molar-refractivity contribution in [3.63, 3.8) is 0 Å². The molecule has 2 atom stereocenters. The molecule has 0 saturated carbocycles. The molecule has 0 spiro atoms. The van der Waals surface area contributed by atoms with Gasteiger partial charge in [0.05, 0.1) is 22.7 Å². The number of nitrogens with zero attached hydrogens (tertiary/aromatic N) is 1. The first kappa shape index (κ1) is 20.6. The lowest BCUT2D eigenvalue weighted by molar-refractivity contribution is -0.133. The summed E-state index contributed by atoms with van der Waals surface area (Å²) in [6.45, 7) is 1.90. The molecule has 1 amide bonds. The molecule has 0 radical (unpaired) electrons. The zero-order valence-corrected chi connectivity index (χ0v) is 17.0. The summed E-state index contributed by atoms with van der Waals surface area (Å²) in [7, 11) is -0.702. The van der Waals surface area contributed by atoms with E-state index in [0.717, 1.165) is 6.07 Å². The average molecular weight is 431 g/mol. The highest BCUT2D eigenvalue weighted by atomic mass is 35.5. The first-order valence-electron chi connectivity index (χ1n) is 8.38. The van der Waals surface area contributed by atoms with E-state index in [2.05, 4.69) is 15.6 Å². The summed E-state index contributed by atoms with van der Waals surface area (Å²) in [6, 6.07) is 4.38. The molecule has 152 valence electrons. The van der Waals surface area contributed by atoms with Gasteiger partial charge >= 0.3 is 0 Å². The third-order valence-electron chi connectivity index (χ3n) is 4.40. The Kier molecular flexibility index (Phi) is 5.67. The van der Waals surface area contributed by atoms with Gasteiger partial charge in [0.2, 0.25) is 5.91 Å². The lowest BCUT2D eigenvalue weighted by Gasteiger charge is -2.19. The molecule has 1 saturated heterocycles. The number of hydrogen-bond donors (Lipinski definition) is 3. The maximum atomic E-state index is 13.3. The van der Waals surface area contributed by atoms with Crippen LogP contribution in [0, 0.1) is 18.7 Å². The number of anilines is 1. The molecular formula is C17H20ClFN4O4S. The van der Waals surface area contributed by atoms with Crippen molar-refractivity contribution < 1.29 is 22.0 Å². The topological polar surface area (TPSA) is 104 Å². The number of carbonyl (C=O) groups excluding carboxylic acids is 1. The van der Waals surface area contributed by atoms with Gasteiger partial charge in [-0.1, -0.05) is 11.6 Å². The highest BCUT2D eigenvalue weighted by Crippen LogP contribution is 2.32. The van der Waals surface area contributed by atoms with Crippen molar-refractivity contribution in [2.45, 2.75) is 17.9 Å². The van der Waals surface area contributed by atoms with Crippen LogP contribution in [-0.2, 0) is 14.8 Å². The molecule has 0 aliphatic carbocycles. The van der Waals surface area contributed by atoms with Gasteiger partial charge in [0.25, 0.3) is 10.0 Å². The van der Waals surface area contributed by atoms with Gasteiger partial charge in [0.1, 0.15) is 22.2 Å². The fourth-order valence-corrected chi connectivity index (χ4v) is 4.42. The van der Waals surface area contributed by atoms with Gasteiger partial charge in [-0.25, -0.2) is 18.2 Å². The Bertz CT molecular complexity index is 1010. The Hall–Kier alpha value is -2.14. The Morgan fingerprint density at radius 1 is 1.36 bits per heavy atom. The van der Waals surface area contributed by atoms with Crippen molar-refractivity contribution in [2.75, 3.05) is 25.4 Å². The Labute approximate surface area is 167 Å². The molecule has 0 bridgehead atoms. The molecule has 1 aromatic carbocycles. The van der Waals surface area contributed by atoms with Crippen molar-refractivity contribution in [2.24, 2.45) is 5.92 Å². The molecule has 2 unspecified atom stereocenters. The van der Waals surface area contributed by atoms with E-state index in [9.17, 15) is 17.6 Å². The summed E-state index contributed by atoms with van der Waals surface area (Å²) in [5, 5.41) is -0.198. The molecule has 28 heavy (non-hydrogen) atoms. The van der Waals surface area contributed by atoms with Crippen LogP contribution in [-0.4, -0.2) is 39.9 Å². The molecule has 2 heterocycles. The molecule has 8 nitrogen and oxygen atoms in total. The molecule has 11 heteroatoms. The number of furan rings is 1. The second-order valence-electron chi connectivity index (χ2n) is 6.65. The Morgan fingerprint density at radius 3 is 2.71 bits per heavy atom. The molecule has 3 N–H and O–H groups in total. The summed E-state index contributed by atoms with van der Waals surface area (Å²) in [4.78, 5) is 13.7. The van der Waals surface area contributed by atoms with Crippen molar-refractivity contribution in [1.82, 2.24) is 15.8 Å². The second-order valence-corrected chi connectivity index (χ2v) is 8.70. The number of nitrogens with one attached hydrogen (secondary N) is 3. The van der Waals surface area contributed by atoms with Gasteiger partial charge in [-0.3, -0.25) is 14.9 Å². The highest BCUT2D eigenvalue weighted by Gasteiger charge is 2.38. The molecule has 3 rings (SSSR count). The second kappa shape index (κ2) is 7.70. The first-order valence-corrected chi connectivity index (χ1v) is 10.2. The van der Waals surface area contributed by atoms with Crippen LogP contribution in [0.5, 0.6) is 0 Å². The van der Waals surface area contributed by atoms with Gasteiger partial charge in [-0.05, 0) is 25.1 Å². The minimum Gasteiger partial charge on any atom is -0.463 e. The summed E-state index contributed by atoms with van der Waals surface area (Å²) in [6.07, 6.45) is 0. The predicted octanol–water partition coefficient (Wildman–Crippen LogP) is 2.03. The van der Waals surface area contributed by atoms with E-state index in [1.807, 2.05) is 0 Å². The lowest BCUT2D eigenvalue weighted by atomic mass is 9.98. The maximum Gasteiger partial charge on any atom is 0.265 e. The van der Waals surface area contributed by atoms with Crippen LogP contribution in [0.3, 0.4) is 0 Å². The molecule has 1 aliphatic heterocycles. The molecule has 1 fully saturated rings. The van der Waals surface area contributed by atoms with E-state index in [4.69, 9.17) is 16.0 Å². The molecule has 1 aliphatic rings. The van der Waals surface area contributed by atoms with Gasteiger partial charge in [-0.2, -0.15) is 0 Å². The summed E-state index contributed by atoms with van der Waals surface area (Å²) >= 11 is 5.70. The third-order valence-corrected chi connectivity index (χ3v) is 6.18. The highest BCUT2D eigenvalue weighted by molar-refractivity contribution is 7.92. The maximum absolute atomic E-state index is 13.3. The van der Waals surface area contributed by atoms with Crippen LogP contribution in [0.25, 0.3) is 0 Å². The van der Waals surface area contributed by atoms with E-state index in [-0.39, 0.29) is 27.3 Å². The van der Waals surface area contributed by atoms with Crippen molar-refractivity contribution in [1.29, 1.82) is 0 Å². The number of amides is 1. The van der Waals surface area contributed by atoms with Gasteiger partial charge in [0, 0.05) is 26.7 Å².